The van der Waals surface area contributed by atoms with E-state index in [0.717, 1.165) is 0 Å². The highest BCUT2D eigenvalue weighted by Crippen LogP contribution is 2.22. The predicted octanol–water partition coefficient (Wildman–Crippen LogP) is 2.03. The predicted molar refractivity (Wildman–Crippen MR) is 52.9 cm³/mol. The van der Waals surface area contributed by atoms with Gasteiger partial charge in [-0.05, 0) is 12.1 Å². The Morgan fingerprint density at radius 2 is 2.27 bits per heavy atom. The minimum atomic E-state index is -0.479. The number of hydrogen-bond donors (Lipinski definition) is 0. The number of esters is 1. The van der Waals surface area contributed by atoms with Gasteiger partial charge in [0.05, 0.1) is 7.11 Å². The van der Waals surface area contributed by atoms with Gasteiger partial charge in [0.15, 0.2) is 12.0 Å². The van der Waals surface area contributed by atoms with Gasteiger partial charge in [0.1, 0.15) is 11.1 Å². The molecule has 0 radical (unpaired) electrons. The second-order valence-electron chi connectivity index (χ2n) is 2.98. The Labute approximate surface area is 85.4 Å². The summed E-state index contributed by atoms with van der Waals surface area (Å²) in [6, 6.07) is 6.64. The van der Waals surface area contributed by atoms with Crippen LogP contribution < -0.4 is 0 Å². The van der Waals surface area contributed by atoms with Crippen LogP contribution in [0.25, 0.3) is 11.0 Å². The molecular weight excluding hydrogens is 196 g/mol. The third-order valence-corrected chi connectivity index (χ3v) is 2.08. The molecule has 0 aliphatic heterocycles. The molecule has 0 unspecified atom stereocenters. The molecule has 0 saturated carbocycles. The van der Waals surface area contributed by atoms with Crippen molar-refractivity contribution in [2.75, 3.05) is 7.11 Å². The van der Waals surface area contributed by atoms with Gasteiger partial charge >= 0.3 is 5.97 Å². The Hall–Kier alpha value is -2.10. The highest BCUT2D eigenvalue weighted by atomic mass is 16.5. The van der Waals surface area contributed by atoms with Crippen molar-refractivity contribution in [3.63, 3.8) is 0 Å². The monoisotopic (exact) mass is 204 g/mol. The van der Waals surface area contributed by atoms with E-state index in [1.165, 1.54) is 7.11 Å². The molecular formula is C11H8O4. The van der Waals surface area contributed by atoms with Crippen molar-refractivity contribution in [2.45, 2.75) is 0 Å². The van der Waals surface area contributed by atoms with Crippen LogP contribution >= 0.6 is 0 Å². The Balaban J connectivity index is 2.69. The van der Waals surface area contributed by atoms with E-state index in [1.54, 1.807) is 24.3 Å². The van der Waals surface area contributed by atoms with Gasteiger partial charge in [-0.1, -0.05) is 12.1 Å². The summed E-state index contributed by atoms with van der Waals surface area (Å²) in [6.45, 7) is 0. The lowest BCUT2D eigenvalue weighted by molar-refractivity contribution is 0.0601. The zero-order valence-corrected chi connectivity index (χ0v) is 8.02. The molecule has 0 aliphatic rings. The molecule has 1 aromatic carbocycles. The van der Waals surface area contributed by atoms with Gasteiger partial charge in [-0.25, -0.2) is 4.79 Å². The van der Waals surface area contributed by atoms with Crippen LogP contribution in [0.1, 0.15) is 20.9 Å². The van der Waals surface area contributed by atoms with Crippen molar-refractivity contribution in [3.8, 4) is 0 Å². The van der Waals surface area contributed by atoms with Crippen LogP contribution in [0.5, 0.6) is 0 Å². The van der Waals surface area contributed by atoms with Crippen LogP contribution in [-0.4, -0.2) is 19.4 Å². The van der Waals surface area contributed by atoms with E-state index in [-0.39, 0.29) is 5.76 Å². The number of carbonyl (C=O) groups is 2. The SMILES string of the molecule is COC(=O)c1cccc2cc(C=O)oc12. The Morgan fingerprint density at radius 3 is 2.93 bits per heavy atom. The fraction of sp³-hybridized carbons (Fsp3) is 0.0909. The maximum atomic E-state index is 11.4. The third-order valence-electron chi connectivity index (χ3n) is 2.08. The lowest BCUT2D eigenvalue weighted by Crippen LogP contribution is -2.00. The molecule has 76 valence electrons. The molecule has 0 aliphatic carbocycles. The zero-order chi connectivity index (χ0) is 10.8. The van der Waals surface area contributed by atoms with Crippen molar-refractivity contribution >= 4 is 23.2 Å². The molecule has 4 nitrogen and oxygen atoms in total. The molecule has 0 amide bonds. The lowest BCUT2D eigenvalue weighted by atomic mass is 10.1. The smallest absolute Gasteiger partial charge is 0.341 e. The molecule has 0 fully saturated rings. The average molecular weight is 204 g/mol. The Kier molecular flexibility index (Phi) is 2.25. The fourth-order valence-corrected chi connectivity index (χ4v) is 1.41. The maximum Gasteiger partial charge on any atom is 0.341 e. The van der Waals surface area contributed by atoms with Crippen molar-refractivity contribution in [3.05, 3.63) is 35.6 Å². The lowest BCUT2D eigenvalue weighted by Gasteiger charge is -1.98. The number of carbonyl (C=O) groups excluding carboxylic acids is 2. The Morgan fingerprint density at radius 1 is 1.47 bits per heavy atom. The van der Waals surface area contributed by atoms with Crippen molar-refractivity contribution < 1.29 is 18.7 Å². The van der Waals surface area contributed by atoms with E-state index in [9.17, 15) is 9.59 Å². The first-order valence-electron chi connectivity index (χ1n) is 4.32. The van der Waals surface area contributed by atoms with Gasteiger partial charge in [-0.2, -0.15) is 0 Å². The van der Waals surface area contributed by atoms with Crippen LogP contribution in [0.4, 0.5) is 0 Å². The van der Waals surface area contributed by atoms with Crippen molar-refractivity contribution in [1.29, 1.82) is 0 Å². The van der Waals surface area contributed by atoms with Crippen molar-refractivity contribution in [2.24, 2.45) is 0 Å². The molecule has 4 heteroatoms. The first-order valence-corrected chi connectivity index (χ1v) is 4.32. The summed E-state index contributed by atoms with van der Waals surface area (Å²) in [5.74, 6) is -0.284. The van der Waals surface area contributed by atoms with Gasteiger partial charge in [0.25, 0.3) is 0 Å². The average Bonchev–Trinajstić information content (AvgIpc) is 2.70. The van der Waals surface area contributed by atoms with E-state index in [0.29, 0.717) is 22.8 Å². The summed E-state index contributed by atoms with van der Waals surface area (Å²) in [5, 5.41) is 0.708. The molecule has 0 N–H and O–H groups in total. The minimum absolute atomic E-state index is 0.196. The quantitative estimate of drug-likeness (QED) is 0.554. The molecule has 2 rings (SSSR count). The number of methoxy groups -OCH3 is 1. The largest absolute Gasteiger partial charge is 0.465 e. The molecule has 0 spiro atoms. The number of fused-ring (bicyclic) bond motifs is 1. The van der Waals surface area contributed by atoms with E-state index in [2.05, 4.69) is 4.74 Å². The number of furan rings is 1. The molecule has 0 bridgehead atoms. The summed E-state index contributed by atoms with van der Waals surface area (Å²) in [5.41, 5.74) is 0.703. The van der Waals surface area contributed by atoms with Crippen LogP contribution in [0.2, 0.25) is 0 Å². The minimum Gasteiger partial charge on any atom is -0.465 e. The molecule has 1 aromatic heterocycles. The van der Waals surface area contributed by atoms with Crippen LogP contribution in [0, 0.1) is 0 Å². The first-order chi connectivity index (χ1) is 7.26. The maximum absolute atomic E-state index is 11.4. The summed E-state index contributed by atoms with van der Waals surface area (Å²) < 4.78 is 9.80. The number of ether oxygens (including phenoxy) is 1. The topological polar surface area (TPSA) is 56.5 Å². The summed E-state index contributed by atoms with van der Waals surface area (Å²) in [7, 11) is 1.30. The second-order valence-corrected chi connectivity index (χ2v) is 2.98. The van der Waals surface area contributed by atoms with E-state index in [1.807, 2.05) is 0 Å². The van der Waals surface area contributed by atoms with Gasteiger partial charge in [-0.3, -0.25) is 4.79 Å². The molecule has 0 atom stereocenters. The number of hydrogen-bond acceptors (Lipinski definition) is 4. The van der Waals surface area contributed by atoms with Crippen molar-refractivity contribution in [1.82, 2.24) is 0 Å². The fourth-order valence-electron chi connectivity index (χ4n) is 1.41. The zero-order valence-electron chi connectivity index (χ0n) is 8.02. The standard InChI is InChI=1S/C11H8O4/c1-14-11(13)9-4-2-3-7-5-8(6-12)15-10(7)9/h2-6H,1H3. The number of rotatable bonds is 2. The summed E-state index contributed by atoms with van der Waals surface area (Å²) in [6.07, 6.45) is 0.598. The highest BCUT2D eigenvalue weighted by molar-refractivity contribution is 6.02. The number of para-hydroxylation sites is 1. The van der Waals surface area contributed by atoms with Gasteiger partial charge in [-0.15, -0.1) is 0 Å². The molecule has 1 heterocycles. The van der Waals surface area contributed by atoms with Crippen LogP contribution in [-0.2, 0) is 4.74 Å². The van der Waals surface area contributed by atoms with Crippen LogP contribution in [0.3, 0.4) is 0 Å². The molecule has 2 aromatic rings. The summed E-state index contributed by atoms with van der Waals surface area (Å²) in [4.78, 5) is 21.9. The van der Waals surface area contributed by atoms with Gasteiger partial charge < -0.3 is 9.15 Å². The highest BCUT2D eigenvalue weighted by Gasteiger charge is 2.13. The Bertz CT molecular complexity index is 524. The number of benzene rings is 1. The van der Waals surface area contributed by atoms with Crippen LogP contribution in [0.15, 0.2) is 28.7 Å². The normalized spacial score (nSPS) is 10.2. The second kappa shape index (κ2) is 3.57. The summed E-state index contributed by atoms with van der Waals surface area (Å²) >= 11 is 0. The number of aldehydes is 1. The first kappa shape index (κ1) is 9.45. The van der Waals surface area contributed by atoms with E-state index >= 15 is 0 Å². The van der Waals surface area contributed by atoms with E-state index < -0.39 is 5.97 Å². The van der Waals surface area contributed by atoms with Gasteiger partial charge in [0.2, 0.25) is 0 Å². The molecule has 0 saturated heterocycles. The van der Waals surface area contributed by atoms with Gasteiger partial charge in [0, 0.05) is 5.39 Å². The third kappa shape index (κ3) is 1.50. The molecule has 15 heavy (non-hydrogen) atoms. The van der Waals surface area contributed by atoms with E-state index in [4.69, 9.17) is 4.42 Å².